The number of anilines is 1. The molecule has 2 aromatic rings. The summed E-state index contributed by atoms with van der Waals surface area (Å²) in [5.41, 5.74) is 6.44. The van der Waals surface area contributed by atoms with Crippen LogP contribution in [0, 0.1) is 0 Å². The Kier molecular flexibility index (Phi) is 7.43. The zero-order chi connectivity index (χ0) is 21.9. The van der Waals surface area contributed by atoms with E-state index < -0.39 is 36.7 Å². The average molecular weight is 475 g/mol. The lowest BCUT2D eigenvalue weighted by Crippen LogP contribution is -2.05. The molecule has 2 heterocycles. The van der Waals surface area contributed by atoms with E-state index in [-0.39, 0.29) is 17.9 Å². The maximum absolute atomic E-state index is 11.7. The van der Waals surface area contributed by atoms with Crippen molar-refractivity contribution in [3.05, 3.63) is 24.3 Å². The predicted molar refractivity (Wildman–Crippen MR) is 94.7 cm³/mol. The molecule has 16 nitrogen and oxygen atoms in total. The third-order valence-corrected chi connectivity index (χ3v) is 6.82. The Balaban J connectivity index is 2.03. The molecule has 0 radical (unpaired) electrons. The molecule has 0 bridgehead atoms. The molecule has 162 valence electrons. The van der Waals surface area contributed by atoms with Gasteiger partial charge in [0, 0.05) is 6.54 Å². The number of fused-ring (bicyclic) bond motifs is 1. The number of nitrogen functional groups attached to an aromatic ring is 1. The van der Waals surface area contributed by atoms with Gasteiger partial charge < -0.3 is 35.0 Å². The zero-order valence-electron chi connectivity index (χ0n) is 14.2. The van der Waals surface area contributed by atoms with E-state index in [0.29, 0.717) is 11.2 Å². The van der Waals surface area contributed by atoms with Crippen molar-refractivity contribution in [2.24, 2.45) is 0 Å². The van der Waals surface area contributed by atoms with E-state index in [0.717, 1.165) is 0 Å². The largest absolute Gasteiger partial charge is 0.490 e. The van der Waals surface area contributed by atoms with Crippen molar-refractivity contribution >= 4 is 40.4 Å². The highest BCUT2D eigenvalue weighted by Crippen LogP contribution is 2.66. The molecule has 0 aliphatic carbocycles. The third kappa shape index (κ3) is 7.33. The van der Waals surface area contributed by atoms with E-state index in [1.165, 1.54) is 23.3 Å². The van der Waals surface area contributed by atoms with Crippen LogP contribution in [-0.2, 0) is 33.4 Å². The quantitative estimate of drug-likeness (QED) is 0.190. The first-order valence-electron chi connectivity index (χ1n) is 7.30. The number of aliphatic hydroxyl groups excluding tert-OH is 1. The van der Waals surface area contributed by atoms with Gasteiger partial charge in [0.05, 0.1) is 19.5 Å². The number of rotatable bonds is 10. The van der Waals surface area contributed by atoms with Gasteiger partial charge in [0.1, 0.15) is 11.8 Å². The summed E-state index contributed by atoms with van der Waals surface area (Å²) < 4.78 is 46.6. The van der Waals surface area contributed by atoms with Gasteiger partial charge in [-0.15, -0.1) is 0 Å². The van der Waals surface area contributed by atoms with Crippen LogP contribution in [0.1, 0.15) is 0 Å². The van der Waals surface area contributed by atoms with Crippen LogP contribution in [0.2, 0.25) is 0 Å². The molecule has 0 saturated carbocycles. The molecule has 19 heteroatoms. The predicted octanol–water partition coefficient (Wildman–Crippen LogP) is -0.330. The van der Waals surface area contributed by atoms with Gasteiger partial charge in [-0.1, -0.05) is 6.08 Å². The summed E-state index contributed by atoms with van der Waals surface area (Å²) in [4.78, 5) is 47.2. The summed E-state index contributed by atoms with van der Waals surface area (Å²) in [6.07, 6.45) is 4.00. The fourth-order valence-corrected chi connectivity index (χ4v) is 4.92. The SMILES string of the molecule is Nc1ncnc2c1ncn2CC=C(CO)COP(=O)(O)OP(=O)(O)OP(=O)(O)O. The maximum Gasteiger partial charge on any atom is 0.490 e. The molecule has 2 atom stereocenters. The molecule has 0 aliphatic rings. The minimum Gasteiger partial charge on any atom is -0.392 e. The molecule has 0 aliphatic heterocycles. The summed E-state index contributed by atoms with van der Waals surface area (Å²) in [6.45, 7) is -1.27. The van der Waals surface area contributed by atoms with E-state index in [1.54, 1.807) is 0 Å². The summed E-state index contributed by atoms with van der Waals surface area (Å²) in [5, 5.41) is 9.33. The number of nitrogens with zero attached hydrogens (tertiary/aromatic N) is 4. The van der Waals surface area contributed by atoms with Crippen molar-refractivity contribution in [3.8, 4) is 0 Å². The Morgan fingerprint density at radius 1 is 1.10 bits per heavy atom. The second-order valence-corrected chi connectivity index (χ2v) is 9.63. The fraction of sp³-hybridized carbons (Fsp3) is 0.300. The molecule has 0 amide bonds. The number of imidazole rings is 1. The zero-order valence-corrected chi connectivity index (χ0v) is 16.9. The van der Waals surface area contributed by atoms with Crippen LogP contribution < -0.4 is 5.73 Å². The lowest BCUT2D eigenvalue weighted by molar-refractivity contribution is 0.176. The Labute approximate surface area is 162 Å². The van der Waals surface area contributed by atoms with Crippen LogP contribution in [-0.4, -0.2) is 57.4 Å². The average Bonchev–Trinajstić information content (AvgIpc) is 2.96. The smallest absolute Gasteiger partial charge is 0.392 e. The highest BCUT2D eigenvalue weighted by molar-refractivity contribution is 7.66. The summed E-state index contributed by atoms with van der Waals surface area (Å²) in [5.74, 6) is 0.160. The number of aliphatic hydroxyl groups is 1. The normalized spacial score (nSPS) is 17.2. The van der Waals surface area contributed by atoms with Crippen molar-refractivity contribution in [2.45, 2.75) is 6.54 Å². The van der Waals surface area contributed by atoms with Crippen LogP contribution in [0.4, 0.5) is 5.82 Å². The number of allylic oxidation sites excluding steroid dienone is 1. The molecule has 0 fully saturated rings. The van der Waals surface area contributed by atoms with Crippen molar-refractivity contribution in [3.63, 3.8) is 0 Å². The summed E-state index contributed by atoms with van der Waals surface area (Å²) in [7, 11) is -16.4. The van der Waals surface area contributed by atoms with E-state index in [9.17, 15) is 23.7 Å². The molecule has 0 aromatic carbocycles. The van der Waals surface area contributed by atoms with Crippen molar-refractivity contribution in [1.82, 2.24) is 19.5 Å². The molecular formula is C10H16N5O11P3. The maximum atomic E-state index is 11.7. The Bertz CT molecular complexity index is 1050. The van der Waals surface area contributed by atoms with Gasteiger partial charge in [-0.05, 0) is 5.57 Å². The molecule has 29 heavy (non-hydrogen) atoms. The van der Waals surface area contributed by atoms with Gasteiger partial charge in [-0.2, -0.15) is 8.62 Å². The van der Waals surface area contributed by atoms with Crippen LogP contribution in [0.15, 0.2) is 24.3 Å². The first kappa shape index (κ1) is 23.7. The van der Waals surface area contributed by atoms with Crippen molar-refractivity contribution < 1.29 is 51.5 Å². The molecule has 7 N–H and O–H groups in total. The first-order valence-corrected chi connectivity index (χ1v) is 11.8. The fourth-order valence-electron chi connectivity index (χ4n) is 1.90. The van der Waals surface area contributed by atoms with Crippen LogP contribution in [0.5, 0.6) is 0 Å². The van der Waals surface area contributed by atoms with Crippen LogP contribution in [0.3, 0.4) is 0 Å². The van der Waals surface area contributed by atoms with Gasteiger partial charge >= 0.3 is 23.5 Å². The number of hydrogen-bond donors (Lipinski definition) is 6. The van der Waals surface area contributed by atoms with Gasteiger partial charge in [0.25, 0.3) is 0 Å². The van der Waals surface area contributed by atoms with E-state index in [1.807, 2.05) is 0 Å². The van der Waals surface area contributed by atoms with Gasteiger partial charge in [-0.3, -0.25) is 4.52 Å². The number of nitrogens with two attached hydrogens (primary N) is 1. The van der Waals surface area contributed by atoms with E-state index in [2.05, 4.69) is 28.1 Å². The topological polar surface area (TPSA) is 250 Å². The van der Waals surface area contributed by atoms with E-state index >= 15 is 0 Å². The van der Waals surface area contributed by atoms with Crippen LogP contribution >= 0.6 is 23.5 Å². The van der Waals surface area contributed by atoms with Crippen LogP contribution in [0.25, 0.3) is 11.2 Å². The summed E-state index contributed by atoms with van der Waals surface area (Å²) >= 11 is 0. The van der Waals surface area contributed by atoms with Gasteiger partial charge in [0.15, 0.2) is 11.5 Å². The second-order valence-electron chi connectivity index (χ2n) is 5.21. The molecular weight excluding hydrogens is 459 g/mol. The van der Waals surface area contributed by atoms with Crippen molar-refractivity contribution in [1.29, 1.82) is 0 Å². The molecule has 0 saturated heterocycles. The first-order chi connectivity index (χ1) is 13.3. The second kappa shape index (κ2) is 9.08. The minimum atomic E-state index is -5.61. The molecule has 0 spiro atoms. The number of hydrogen-bond acceptors (Lipinski definition) is 11. The molecule has 2 aromatic heterocycles. The van der Waals surface area contributed by atoms with E-state index in [4.69, 9.17) is 20.4 Å². The Morgan fingerprint density at radius 2 is 1.79 bits per heavy atom. The Morgan fingerprint density at radius 3 is 2.41 bits per heavy atom. The number of aromatic nitrogens is 4. The number of phosphoric ester groups is 1. The number of phosphoric acid groups is 3. The van der Waals surface area contributed by atoms with Gasteiger partial charge in [0.2, 0.25) is 0 Å². The highest BCUT2D eigenvalue weighted by Gasteiger charge is 2.40. The Hall–Kier alpha value is -1.54. The monoisotopic (exact) mass is 475 g/mol. The molecule has 2 unspecified atom stereocenters. The lowest BCUT2D eigenvalue weighted by atomic mass is 10.3. The standard InChI is InChI=1S/C10H16N5O11P3/c11-9-8-10(13-5-12-9)15(6-14-8)2-1-7(3-16)4-24-28(20,21)26-29(22,23)25-27(17,18)19/h1,5-6,16H,2-4H2,(H,20,21)(H,22,23)(H2,11,12,13)(H2,17,18,19). The third-order valence-electron chi connectivity index (χ3n) is 3.04. The minimum absolute atomic E-state index is 0.0513. The highest BCUT2D eigenvalue weighted by atomic mass is 31.3. The van der Waals surface area contributed by atoms with Crippen molar-refractivity contribution in [2.75, 3.05) is 18.9 Å². The van der Waals surface area contributed by atoms with Gasteiger partial charge in [-0.25, -0.2) is 28.6 Å². The summed E-state index contributed by atoms with van der Waals surface area (Å²) in [6, 6.07) is 0. The molecule has 2 rings (SSSR count). The lowest BCUT2D eigenvalue weighted by Gasteiger charge is -2.16.